The van der Waals surface area contributed by atoms with Gasteiger partial charge in [-0.2, -0.15) is 0 Å². The van der Waals surface area contributed by atoms with E-state index in [-0.39, 0.29) is 6.61 Å². The summed E-state index contributed by atoms with van der Waals surface area (Å²) in [5, 5.41) is 9.26. The second-order valence-electron chi connectivity index (χ2n) is 4.35. The third-order valence-corrected chi connectivity index (χ3v) is 2.31. The third-order valence-electron chi connectivity index (χ3n) is 2.31. The molecule has 3 heteroatoms. The van der Waals surface area contributed by atoms with Gasteiger partial charge in [0.15, 0.2) is 0 Å². The predicted octanol–water partition coefficient (Wildman–Crippen LogP) is 1.49. The van der Waals surface area contributed by atoms with Crippen molar-refractivity contribution in [2.45, 2.75) is 6.92 Å². The van der Waals surface area contributed by atoms with Crippen molar-refractivity contribution in [1.29, 1.82) is 0 Å². The average Bonchev–Trinajstić information content (AvgIpc) is 2.21. The van der Waals surface area contributed by atoms with E-state index in [4.69, 9.17) is 0 Å². The van der Waals surface area contributed by atoms with Gasteiger partial charge in [0.25, 0.3) is 0 Å². The lowest BCUT2D eigenvalue weighted by molar-refractivity contribution is 0.305. The number of hydrogen-bond acceptors (Lipinski definition) is 3. The Hall–Kier alpha value is -1.06. The Labute approximate surface area is 99.4 Å². The molecule has 0 aliphatic heterocycles. The monoisotopic (exact) mass is 224 g/mol. The molecule has 1 N–H and O–H groups in total. The van der Waals surface area contributed by atoms with Crippen LogP contribution in [0.2, 0.25) is 0 Å². The van der Waals surface area contributed by atoms with Crippen LogP contribution in [0, 0.1) is 0 Å². The van der Waals surface area contributed by atoms with E-state index in [1.807, 2.05) is 39.0 Å². The Bertz CT molecular complexity index is 280. The number of aliphatic hydroxyl groups is 1. The number of rotatable bonds is 7. The highest BCUT2D eigenvalue weighted by Crippen LogP contribution is 2.12. The van der Waals surface area contributed by atoms with Gasteiger partial charge in [0.2, 0.25) is 0 Å². The fourth-order valence-electron chi connectivity index (χ4n) is 1.25. The predicted molar refractivity (Wildman–Crippen MR) is 70.3 cm³/mol. The molecule has 0 saturated carbocycles. The molecule has 0 amide bonds. The Morgan fingerprint density at radius 1 is 1.19 bits per heavy atom. The molecule has 3 nitrogen and oxygen atoms in total. The fourth-order valence-corrected chi connectivity index (χ4v) is 1.25. The second kappa shape index (κ2) is 7.25. The molecular weight excluding hydrogens is 200 g/mol. The molecule has 0 aliphatic carbocycles. The molecule has 0 aliphatic rings. The SMILES string of the molecule is C=C(C)/C=C(/CO)C(=C)N(C)CCN(C)C. The second-order valence-corrected chi connectivity index (χ2v) is 4.35. The molecule has 0 heterocycles. The summed E-state index contributed by atoms with van der Waals surface area (Å²) in [6, 6.07) is 0. The van der Waals surface area contributed by atoms with Gasteiger partial charge >= 0.3 is 0 Å². The first-order chi connectivity index (χ1) is 7.38. The molecule has 0 radical (unpaired) electrons. The summed E-state index contributed by atoms with van der Waals surface area (Å²) >= 11 is 0. The molecule has 0 aromatic rings. The van der Waals surface area contributed by atoms with E-state index in [0.717, 1.165) is 29.9 Å². The highest BCUT2D eigenvalue weighted by molar-refractivity contribution is 5.33. The Morgan fingerprint density at radius 2 is 1.75 bits per heavy atom. The summed E-state index contributed by atoms with van der Waals surface area (Å²) in [4.78, 5) is 4.16. The quantitative estimate of drug-likeness (QED) is 0.664. The van der Waals surface area contributed by atoms with E-state index >= 15 is 0 Å². The van der Waals surface area contributed by atoms with Gasteiger partial charge in [0, 0.05) is 31.4 Å². The number of allylic oxidation sites excluding steroid dienone is 2. The minimum Gasteiger partial charge on any atom is -0.392 e. The number of likely N-dealkylation sites (N-methyl/N-ethyl adjacent to an activating group) is 2. The van der Waals surface area contributed by atoms with Gasteiger partial charge in [0.05, 0.1) is 6.61 Å². The van der Waals surface area contributed by atoms with Gasteiger partial charge in [-0.15, -0.1) is 0 Å². The van der Waals surface area contributed by atoms with Crippen molar-refractivity contribution in [3.05, 3.63) is 36.1 Å². The van der Waals surface area contributed by atoms with E-state index in [1.54, 1.807) is 0 Å². The van der Waals surface area contributed by atoms with Gasteiger partial charge in [-0.1, -0.05) is 24.8 Å². The summed E-state index contributed by atoms with van der Waals surface area (Å²) in [7, 11) is 6.05. The molecule has 0 fully saturated rings. The van der Waals surface area contributed by atoms with Crippen LogP contribution in [0.5, 0.6) is 0 Å². The van der Waals surface area contributed by atoms with Crippen molar-refractivity contribution in [2.24, 2.45) is 0 Å². The van der Waals surface area contributed by atoms with Crippen LogP contribution in [-0.4, -0.2) is 55.7 Å². The Morgan fingerprint density at radius 3 is 2.12 bits per heavy atom. The highest BCUT2D eigenvalue weighted by atomic mass is 16.3. The van der Waals surface area contributed by atoms with Gasteiger partial charge in [-0.05, 0) is 21.0 Å². The smallest absolute Gasteiger partial charge is 0.0701 e. The van der Waals surface area contributed by atoms with E-state index in [1.165, 1.54) is 0 Å². The van der Waals surface area contributed by atoms with Gasteiger partial charge in [-0.25, -0.2) is 0 Å². The zero-order valence-electron chi connectivity index (χ0n) is 11.0. The fraction of sp³-hybridized carbons (Fsp3) is 0.538. The lowest BCUT2D eigenvalue weighted by Crippen LogP contribution is -2.29. The molecule has 16 heavy (non-hydrogen) atoms. The van der Waals surface area contributed by atoms with Crippen molar-refractivity contribution < 1.29 is 5.11 Å². The number of hydrogen-bond donors (Lipinski definition) is 1. The standard InChI is InChI=1S/C13H24N2O/c1-11(2)9-13(10-16)12(3)15(6)8-7-14(4)5/h9,16H,1,3,7-8,10H2,2,4-6H3/b13-9-. The first-order valence-corrected chi connectivity index (χ1v) is 5.40. The minimum absolute atomic E-state index is 0.00199. The number of nitrogens with zero attached hydrogens (tertiary/aromatic N) is 2. The van der Waals surface area contributed by atoms with E-state index in [9.17, 15) is 5.11 Å². The summed E-state index contributed by atoms with van der Waals surface area (Å²) in [5.74, 6) is 0. The molecule has 0 saturated heterocycles. The zero-order valence-corrected chi connectivity index (χ0v) is 11.0. The first kappa shape index (κ1) is 14.9. The Balaban J connectivity index is 4.45. The highest BCUT2D eigenvalue weighted by Gasteiger charge is 2.07. The molecule has 0 unspecified atom stereocenters. The largest absolute Gasteiger partial charge is 0.392 e. The van der Waals surface area contributed by atoms with Crippen LogP contribution in [0.25, 0.3) is 0 Å². The van der Waals surface area contributed by atoms with Crippen molar-refractivity contribution in [2.75, 3.05) is 40.8 Å². The molecule has 0 atom stereocenters. The Kier molecular flexibility index (Phi) is 6.77. The van der Waals surface area contributed by atoms with E-state index in [0.29, 0.717) is 0 Å². The van der Waals surface area contributed by atoms with Crippen LogP contribution in [0.1, 0.15) is 6.92 Å². The molecule has 0 bridgehead atoms. The minimum atomic E-state index is -0.00199. The molecule has 92 valence electrons. The van der Waals surface area contributed by atoms with Gasteiger partial charge < -0.3 is 14.9 Å². The van der Waals surface area contributed by atoms with Crippen molar-refractivity contribution in [1.82, 2.24) is 9.80 Å². The lowest BCUT2D eigenvalue weighted by Gasteiger charge is -2.24. The maximum Gasteiger partial charge on any atom is 0.0701 e. The summed E-state index contributed by atoms with van der Waals surface area (Å²) < 4.78 is 0. The van der Waals surface area contributed by atoms with E-state index in [2.05, 4.69) is 18.1 Å². The molecule has 0 aromatic carbocycles. The third kappa shape index (κ3) is 5.73. The van der Waals surface area contributed by atoms with Crippen LogP contribution >= 0.6 is 0 Å². The summed E-state index contributed by atoms with van der Waals surface area (Å²) in [6.45, 7) is 11.5. The summed E-state index contributed by atoms with van der Waals surface area (Å²) in [6.07, 6.45) is 1.87. The maximum atomic E-state index is 9.26. The normalized spacial score (nSPS) is 11.8. The molecule has 0 aromatic heterocycles. The van der Waals surface area contributed by atoms with Crippen molar-refractivity contribution in [3.8, 4) is 0 Å². The molecule has 0 rings (SSSR count). The average molecular weight is 224 g/mol. The van der Waals surface area contributed by atoms with Gasteiger partial charge in [-0.3, -0.25) is 0 Å². The zero-order chi connectivity index (χ0) is 12.7. The molecular formula is C13H24N2O. The van der Waals surface area contributed by atoms with Crippen LogP contribution < -0.4 is 0 Å². The van der Waals surface area contributed by atoms with Crippen LogP contribution in [0.15, 0.2) is 36.1 Å². The molecule has 0 spiro atoms. The maximum absolute atomic E-state index is 9.26. The number of aliphatic hydroxyl groups excluding tert-OH is 1. The first-order valence-electron chi connectivity index (χ1n) is 5.40. The van der Waals surface area contributed by atoms with Crippen LogP contribution in [0.3, 0.4) is 0 Å². The topological polar surface area (TPSA) is 26.7 Å². The van der Waals surface area contributed by atoms with Crippen LogP contribution in [-0.2, 0) is 0 Å². The van der Waals surface area contributed by atoms with E-state index < -0.39 is 0 Å². The summed E-state index contributed by atoms with van der Waals surface area (Å²) in [5.41, 5.74) is 2.60. The lowest BCUT2D eigenvalue weighted by atomic mass is 10.1. The van der Waals surface area contributed by atoms with Crippen molar-refractivity contribution in [3.63, 3.8) is 0 Å². The van der Waals surface area contributed by atoms with Gasteiger partial charge in [0.1, 0.15) is 0 Å². The van der Waals surface area contributed by atoms with Crippen molar-refractivity contribution >= 4 is 0 Å². The van der Waals surface area contributed by atoms with Crippen LogP contribution in [0.4, 0.5) is 0 Å².